The smallest absolute Gasteiger partial charge is 0.337 e. The fourth-order valence-corrected chi connectivity index (χ4v) is 0.555. The van der Waals surface area contributed by atoms with E-state index in [-0.39, 0.29) is 0 Å². The predicted molar refractivity (Wildman–Crippen MR) is 32.8 cm³/mol. The van der Waals surface area contributed by atoms with E-state index in [0.717, 1.165) is 0 Å². The van der Waals surface area contributed by atoms with Crippen molar-refractivity contribution < 1.29 is 48.6 Å². The molecule has 0 aliphatic rings. The molecule has 0 heterocycles. The summed E-state index contributed by atoms with van der Waals surface area (Å²) in [6.45, 7) is -2.83. The van der Waals surface area contributed by atoms with E-state index >= 15 is 0 Å². The van der Waals surface area contributed by atoms with Crippen molar-refractivity contribution in [2.75, 3.05) is 6.61 Å². The van der Waals surface area contributed by atoms with E-state index < -0.39 is 37.4 Å². The van der Waals surface area contributed by atoms with Gasteiger partial charge in [0, 0.05) is 0 Å². The molecular formula is C6H4F10O. The van der Waals surface area contributed by atoms with E-state index in [2.05, 4.69) is 4.74 Å². The highest BCUT2D eigenvalue weighted by Crippen LogP contribution is 2.46. The van der Waals surface area contributed by atoms with Gasteiger partial charge in [-0.1, -0.05) is 0 Å². The van der Waals surface area contributed by atoms with E-state index in [1.54, 1.807) is 0 Å². The highest BCUT2D eigenvalue weighted by atomic mass is 19.4. The molecular weight excluding hydrogens is 278 g/mol. The summed E-state index contributed by atoms with van der Waals surface area (Å²) >= 11 is 0. The molecule has 0 bridgehead atoms. The molecule has 0 aromatic heterocycles. The van der Waals surface area contributed by atoms with Gasteiger partial charge in [-0.05, 0) is 0 Å². The first-order valence-corrected chi connectivity index (χ1v) is 3.69. The molecule has 0 saturated carbocycles. The molecule has 11 heteroatoms. The first-order valence-electron chi connectivity index (χ1n) is 3.69. The zero-order chi connectivity index (χ0) is 14.1. The Kier molecular flexibility index (Phi) is 4.65. The number of ether oxygens (including phenoxy) is 1. The van der Waals surface area contributed by atoms with Gasteiger partial charge in [0.2, 0.25) is 0 Å². The maximum atomic E-state index is 12.3. The molecule has 0 amide bonds. The van der Waals surface area contributed by atoms with Gasteiger partial charge in [-0.2, -0.15) is 30.7 Å². The van der Waals surface area contributed by atoms with Gasteiger partial charge in [-0.25, -0.2) is 13.2 Å². The summed E-state index contributed by atoms with van der Waals surface area (Å²) in [6, 6.07) is 0. The zero-order valence-electron chi connectivity index (χ0n) is 7.55. The Morgan fingerprint density at radius 1 is 0.824 bits per heavy atom. The summed E-state index contributed by atoms with van der Waals surface area (Å²) in [5.41, 5.74) is 0. The minimum Gasteiger partial charge on any atom is -0.337 e. The third-order valence-corrected chi connectivity index (χ3v) is 1.44. The van der Waals surface area contributed by atoms with E-state index in [4.69, 9.17) is 0 Å². The molecule has 1 unspecified atom stereocenters. The van der Waals surface area contributed by atoms with Gasteiger partial charge in [0.1, 0.15) is 6.61 Å². The number of halogens is 10. The van der Waals surface area contributed by atoms with E-state index in [1.165, 1.54) is 0 Å². The maximum Gasteiger partial charge on any atom is 0.459 e. The minimum absolute atomic E-state index is 2.83. The molecule has 0 aliphatic carbocycles. The molecule has 1 nitrogen and oxygen atoms in total. The largest absolute Gasteiger partial charge is 0.459 e. The Morgan fingerprint density at radius 3 is 1.53 bits per heavy atom. The lowest BCUT2D eigenvalue weighted by atomic mass is 10.2. The molecule has 0 rings (SSSR count). The van der Waals surface area contributed by atoms with Crippen LogP contribution in [0.25, 0.3) is 0 Å². The Hall–Kier alpha value is -0.740. The van der Waals surface area contributed by atoms with Crippen LogP contribution in [-0.2, 0) is 4.74 Å². The SMILES string of the molecule is FC(F)C(F)OCC(F)(F)C(F)(F)C(F)(F)F. The van der Waals surface area contributed by atoms with Crippen molar-refractivity contribution in [3.63, 3.8) is 0 Å². The average Bonchev–Trinajstić information content (AvgIpc) is 2.11. The molecule has 0 fully saturated rings. The first-order chi connectivity index (χ1) is 7.33. The van der Waals surface area contributed by atoms with Crippen molar-refractivity contribution in [1.82, 2.24) is 0 Å². The van der Waals surface area contributed by atoms with Crippen LogP contribution in [0.3, 0.4) is 0 Å². The monoisotopic (exact) mass is 282 g/mol. The average molecular weight is 282 g/mol. The summed E-state index contributed by atoms with van der Waals surface area (Å²) < 4.78 is 121. The van der Waals surface area contributed by atoms with Crippen LogP contribution in [0.4, 0.5) is 43.9 Å². The lowest BCUT2D eigenvalue weighted by molar-refractivity contribution is -0.365. The van der Waals surface area contributed by atoms with Gasteiger partial charge >= 0.3 is 18.0 Å². The topological polar surface area (TPSA) is 9.23 Å². The van der Waals surface area contributed by atoms with Crippen LogP contribution < -0.4 is 0 Å². The molecule has 0 saturated heterocycles. The van der Waals surface area contributed by atoms with Crippen molar-refractivity contribution in [2.45, 2.75) is 30.8 Å². The van der Waals surface area contributed by atoms with Crippen LogP contribution in [0, 0.1) is 0 Å². The third kappa shape index (κ3) is 3.61. The second-order valence-electron chi connectivity index (χ2n) is 2.77. The number of rotatable bonds is 5. The van der Waals surface area contributed by atoms with Gasteiger partial charge in [-0.15, -0.1) is 0 Å². The normalized spacial score (nSPS) is 16.4. The molecule has 17 heavy (non-hydrogen) atoms. The zero-order valence-corrected chi connectivity index (χ0v) is 7.55. The second kappa shape index (κ2) is 4.86. The van der Waals surface area contributed by atoms with Crippen LogP contribution in [0.2, 0.25) is 0 Å². The van der Waals surface area contributed by atoms with Crippen molar-refractivity contribution in [1.29, 1.82) is 0 Å². The van der Waals surface area contributed by atoms with E-state index in [9.17, 15) is 43.9 Å². The van der Waals surface area contributed by atoms with Crippen LogP contribution in [0.1, 0.15) is 0 Å². The molecule has 0 aromatic rings. The number of alkyl halides is 10. The quantitative estimate of drug-likeness (QED) is 0.702. The standard InChI is InChI=1S/C6H4F10O/c7-2(8)3(9)17-1-4(10,11)5(12,13)6(14,15)16/h2-3H,1H2. The Bertz CT molecular complexity index is 246. The van der Waals surface area contributed by atoms with Gasteiger partial charge in [0.25, 0.3) is 12.8 Å². The first kappa shape index (κ1) is 16.3. The highest BCUT2D eigenvalue weighted by molar-refractivity contribution is 4.91. The number of hydrogen-bond donors (Lipinski definition) is 0. The van der Waals surface area contributed by atoms with Crippen molar-refractivity contribution in [2.24, 2.45) is 0 Å². The van der Waals surface area contributed by atoms with Crippen LogP contribution >= 0.6 is 0 Å². The van der Waals surface area contributed by atoms with Gasteiger partial charge in [-0.3, -0.25) is 0 Å². The molecule has 0 N–H and O–H groups in total. The Labute approximate surface area is 87.3 Å². The fraction of sp³-hybridized carbons (Fsp3) is 1.00. The molecule has 104 valence electrons. The molecule has 1 atom stereocenters. The van der Waals surface area contributed by atoms with E-state index in [0.29, 0.717) is 0 Å². The lowest BCUT2D eigenvalue weighted by Crippen LogP contribution is -2.54. The summed E-state index contributed by atoms with van der Waals surface area (Å²) in [5, 5.41) is 0. The molecule has 0 aromatic carbocycles. The summed E-state index contributed by atoms with van der Waals surface area (Å²) in [6.07, 6.45) is -14.2. The van der Waals surface area contributed by atoms with E-state index in [1.807, 2.05) is 0 Å². The van der Waals surface area contributed by atoms with Gasteiger partial charge in [0.05, 0.1) is 0 Å². The van der Waals surface area contributed by atoms with Crippen molar-refractivity contribution in [3.05, 3.63) is 0 Å². The van der Waals surface area contributed by atoms with Crippen LogP contribution in [0.15, 0.2) is 0 Å². The van der Waals surface area contributed by atoms with Crippen LogP contribution in [0.5, 0.6) is 0 Å². The van der Waals surface area contributed by atoms with Gasteiger partial charge < -0.3 is 4.74 Å². The summed E-state index contributed by atoms with van der Waals surface area (Å²) in [4.78, 5) is 0. The van der Waals surface area contributed by atoms with Crippen molar-refractivity contribution in [3.8, 4) is 0 Å². The van der Waals surface area contributed by atoms with Crippen LogP contribution in [-0.4, -0.2) is 37.4 Å². The van der Waals surface area contributed by atoms with Gasteiger partial charge in [0.15, 0.2) is 0 Å². The maximum absolute atomic E-state index is 12.3. The minimum atomic E-state index is -6.61. The molecule has 0 aliphatic heterocycles. The second-order valence-corrected chi connectivity index (χ2v) is 2.77. The predicted octanol–water partition coefficient (Wildman–Crippen LogP) is 3.40. The Balaban J connectivity index is 4.69. The highest BCUT2D eigenvalue weighted by Gasteiger charge is 2.73. The third-order valence-electron chi connectivity index (χ3n) is 1.44. The summed E-state index contributed by atoms with van der Waals surface area (Å²) in [7, 11) is 0. The summed E-state index contributed by atoms with van der Waals surface area (Å²) in [5.74, 6) is -12.4. The lowest BCUT2D eigenvalue weighted by Gasteiger charge is -2.28. The Morgan fingerprint density at radius 2 is 1.24 bits per heavy atom. The molecule has 0 radical (unpaired) electrons. The van der Waals surface area contributed by atoms with Crippen molar-refractivity contribution >= 4 is 0 Å². The fourth-order valence-electron chi connectivity index (χ4n) is 0.555. The number of hydrogen-bond acceptors (Lipinski definition) is 1. The molecule has 0 spiro atoms.